The second-order valence-corrected chi connectivity index (χ2v) is 3.69. The zero-order valence-corrected chi connectivity index (χ0v) is 8.54. The van der Waals surface area contributed by atoms with E-state index in [1.165, 1.54) is 0 Å². The number of H-pyrrole nitrogens is 1. The maximum Gasteiger partial charge on any atom is 0.264 e. The molecule has 3 nitrogen and oxygen atoms in total. The van der Waals surface area contributed by atoms with E-state index in [0.29, 0.717) is 11.0 Å². The summed E-state index contributed by atoms with van der Waals surface area (Å²) < 4.78 is 31.1. The van der Waals surface area contributed by atoms with E-state index in [1.54, 1.807) is 24.3 Å². The third kappa shape index (κ3) is 1.43. The SMILES string of the molecule is O=c1cc(C(F)F)c2c([nH]1)oc1ccccc12. The van der Waals surface area contributed by atoms with Crippen molar-refractivity contribution < 1.29 is 13.2 Å². The molecule has 0 fully saturated rings. The average Bonchev–Trinajstić information content (AvgIpc) is 2.65. The Balaban J connectivity index is 2.58. The number of furan rings is 1. The number of hydrogen-bond acceptors (Lipinski definition) is 2. The highest BCUT2D eigenvalue weighted by molar-refractivity contribution is 6.05. The Hall–Kier alpha value is -2.17. The van der Waals surface area contributed by atoms with Gasteiger partial charge in [0.25, 0.3) is 12.0 Å². The summed E-state index contributed by atoms with van der Waals surface area (Å²) in [5.41, 5.74) is -0.319. The molecule has 0 aliphatic rings. The van der Waals surface area contributed by atoms with E-state index in [2.05, 4.69) is 4.98 Å². The van der Waals surface area contributed by atoms with Crippen LogP contribution in [0, 0.1) is 0 Å². The van der Waals surface area contributed by atoms with Gasteiger partial charge in [-0.25, -0.2) is 8.78 Å². The van der Waals surface area contributed by atoms with Gasteiger partial charge in [0.15, 0.2) is 0 Å². The van der Waals surface area contributed by atoms with E-state index >= 15 is 0 Å². The third-order valence-corrected chi connectivity index (χ3v) is 2.64. The lowest BCUT2D eigenvalue weighted by Gasteiger charge is -1.99. The molecule has 5 heteroatoms. The van der Waals surface area contributed by atoms with Crippen LogP contribution in [0.5, 0.6) is 0 Å². The Morgan fingerprint density at radius 2 is 2.00 bits per heavy atom. The standard InChI is InChI=1S/C12H7F2NO2/c13-11(14)7-5-9(16)15-12-10(7)6-3-1-2-4-8(6)17-12/h1-5,11H,(H,15,16). The number of rotatable bonds is 1. The molecule has 0 amide bonds. The summed E-state index contributed by atoms with van der Waals surface area (Å²) in [4.78, 5) is 13.7. The second-order valence-electron chi connectivity index (χ2n) is 3.69. The smallest absolute Gasteiger partial charge is 0.264 e. The molecule has 17 heavy (non-hydrogen) atoms. The predicted octanol–water partition coefficient (Wildman–Crippen LogP) is 3.21. The molecule has 0 saturated carbocycles. The first-order valence-electron chi connectivity index (χ1n) is 4.99. The first-order valence-corrected chi connectivity index (χ1v) is 4.99. The van der Waals surface area contributed by atoms with E-state index in [-0.39, 0.29) is 16.7 Å². The van der Waals surface area contributed by atoms with E-state index in [9.17, 15) is 13.6 Å². The number of fused-ring (bicyclic) bond motifs is 3. The van der Waals surface area contributed by atoms with Crippen molar-refractivity contribution in [1.29, 1.82) is 0 Å². The zero-order chi connectivity index (χ0) is 12.0. The Bertz CT molecular complexity index is 758. The van der Waals surface area contributed by atoms with Crippen LogP contribution in [-0.4, -0.2) is 4.98 Å². The number of pyridine rings is 1. The van der Waals surface area contributed by atoms with Gasteiger partial charge >= 0.3 is 0 Å². The van der Waals surface area contributed by atoms with Gasteiger partial charge in [-0.1, -0.05) is 18.2 Å². The molecule has 0 bridgehead atoms. The van der Waals surface area contributed by atoms with Crippen molar-refractivity contribution in [3.8, 4) is 0 Å². The minimum atomic E-state index is -2.71. The molecule has 86 valence electrons. The highest BCUT2D eigenvalue weighted by Gasteiger charge is 2.18. The van der Waals surface area contributed by atoms with Crippen LogP contribution in [-0.2, 0) is 0 Å². The Labute approximate surface area is 93.7 Å². The van der Waals surface area contributed by atoms with Gasteiger partial charge in [-0.2, -0.15) is 0 Å². The molecule has 1 aromatic carbocycles. The largest absolute Gasteiger partial charge is 0.440 e. The van der Waals surface area contributed by atoms with Crippen LogP contribution in [0.1, 0.15) is 12.0 Å². The van der Waals surface area contributed by atoms with Gasteiger partial charge in [-0.15, -0.1) is 0 Å². The van der Waals surface area contributed by atoms with Gasteiger partial charge in [-0.3, -0.25) is 9.78 Å². The van der Waals surface area contributed by atoms with Gasteiger partial charge < -0.3 is 4.42 Å². The average molecular weight is 235 g/mol. The number of nitrogens with one attached hydrogen (secondary N) is 1. The van der Waals surface area contributed by atoms with Crippen molar-refractivity contribution in [3.63, 3.8) is 0 Å². The maximum atomic E-state index is 12.9. The first kappa shape index (κ1) is 10.0. The van der Waals surface area contributed by atoms with Crippen LogP contribution >= 0.6 is 0 Å². The van der Waals surface area contributed by atoms with Crippen LogP contribution < -0.4 is 5.56 Å². The zero-order valence-electron chi connectivity index (χ0n) is 8.54. The van der Waals surface area contributed by atoms with Crippen LogP contribution in [0.25, 0.3) is 22.1 Å². The summed E-state index contributed by atoms with van der Waals surface area (Å²) in [5, 5.41) is 0.851. The van der Waals surface area contributed by atoms with Crippen molar-refractivity contribution >= 4 is 22.1 Å². The maximum absolute atomic E-state index is 12.9. The fourth-order valence-electron chi connectivity index (χ4n) is 1.95. The van der Waals surface area contributed by atoms with Crippen LogP contribution in [0.15, 0.2) is 39.5 Å². The molecular formula is C12H7F2NO2. The molecule has 3 rings (SSSR count). The summed E-state index contributed by atoms with van der Waals surface area (Å²) in [5.74, 6) is 0. The normalized spacial score (nSPS) is 11.7. The summed E-state index contributed by atoms with van der Waals surface area (Å²) >= 11 is 0. The topological polar surface area (TPSA) is 46.0 Å². The number of benzene rings is 1. The number of aromatic nitrogens is 1. The number of para-hydroxylation sites is 1. The molecule has 0 atom stereocenters. The number of aromatic amines is 1. The van der Waals surface area contributed by atoms with Crippen LogP contribution in [0.2, 0.25) is 0 Å². The first-order chi connectivity index (χ1) is 8.16. The molecule has 1 N–H and O–H groups in total. The fraction of sp³-hybridized carbons (Fsp3) is 0.0833. The van der Waals surface area contributed by atoms with Gasteiger partial charge in [0.2, 0.25) is 5.71 Å². The summed E-state index contributed by atoms with van der Waals surface area (Å²) in [6.45, 7) is 0. The minimum Gasteiger partial charge on any atom is -0.440 e. The molecule has 0 aliphatic heterocycles. The van der Waals surface area contributed by atoms with Crippen molar-refractivity contribution in [2.45, 2.75) is 6.43 Å². The third-order valence-electron chi connectivity index (χ3n) is 2.64. The van der Waals surface area contributed by atoms with Gasteiger partial charge in [0.05, 0.1) is 5.39 Å². The van der Waals surface area contributed by atoms with Crippen molar-refractivity contribution in [2.75, 3.05) is 0 Å². The molecule has 0 radical (unpaired) electrons. The molecule has 2 heterocycles. The van der Waals surface area contributed by atoms with Crippen molar-refractivity contribution in [3.05, 3.63) is 46.2 Å². The summed E-state index contributed by atoms with van der Waals surface area (Å²) in [6, 6.07) is 7.74. The van der Waals surface area contributed by atoms with E-state index in [1.807, 2.05) is 0 Å². The van der Waals surface area contributed by atoms with Crippen molar-refractivity contribution in [1.82, 2.24) is 4.98 Å². The molecule has 0 saturated heterocycles. The highest BCUT2D eigenvalue weighted by atomic mass is 19.3. The number of alkyl halides is 2. The molecule has 0 unspecified atom stereocenters. The molecule has 0 aliphatic carbocycles. The van der Waals surface area contributed by atoms with E-state index in [0.717, 1.165) is 6.07 Å². The number of halogens is 2. The highest BCUT2D eigenvalue weighted by Crippen LogP contribution is 2.33. The van der Waals surface area contributed by atoms with Crippen LogP contribution in [0.4, 0.5) is 8.78 Å². The summed E-state index contributed by atoms with van der Waals surface area (Å²) in [6.07, 6.45) is -2.71. The fourth-order valence-corrected chi connectivity index (χ4v) is 1.95. The second kappa shape index (κ2) is 3.41. The number of hydrogen-bond donors (Lipinski definition) is 1. The minimum absolute atomic E-state index is 0.0917. The van der Waals surface area contributed by atoms with Gasteiger partial charge in [0.1, 0.15) is 5.58 Å². The van der Waals surface area contributed by atoms with Crippen LogP contribution in [0.3, 0.4) is 0 Å². The van der Waals surface area contributed by atoms with E-state index < -0.39 is 12.0 Å². The van der Waals surface area contributed by atoms with Crippen molar-refractivity contribution in [2.24, 2.45) is 0 Å². The molecule has 0 spiro atoms. The Kier molecular flexibility index (Phi) is 2.01. The lowest BCUT2D eigenvalue weighted by molar-refractivity contribution is 0.153. The summed E-state index contributed by atoms with van der Waals surface area (Å²) in [7, 11) is 0. The Morgan fingerprint density at radius 1 is 1.24 bits per heavy atom. The quantitative estimate of drug-likeness (QED) is 0.703. The van der Waals surface area contributed by atoms with Gasteiger partial charge in [-0.05, 0) is 6.07 Å². The molecule has 2 aromatic heterocycles. The lowest BCUT2D eigenvalue weighted by Crippen LogP contribution is -2.05. The Morgan fingerprint density at radius 3 is 2.76 bits per heavy atom. The molecular weight excluding hydrogens is 228 g/mol. The molecule has 3 aromatic rings. The lowest BCUT2D eigenvalue weighted by atomic mass is 10.1. The predicted molar refractivity (Wildman–Crippen MR) is 59.3 cm³/mol. The monoisotopic (exact) mass is 235 g/mol. The van der Waals surface area contributed by atoms with E-state index in [4.69, 9.17) is 4.42 Å². The van der Waals surface area contributed by atoms with Gasteiger partial charge in [0, 0.05) is 17.0 Å².